The van der Waals surface area contributed by atoms with Crippen molar-refractivity contribution in [2.24, 2.45) is 10.9 Å². The number of guanidine groups is 1. The van der Waals surface area contributed by atoms with Crippen LogP contribution in [0.3, 0.4) is 0 Å². The summed E-state index contributed by atoms with van der Waals surface area (Å²) in [6, 6.07) is 20.0. The van der Waals surface area contributed by atoms with Crippen LogP contribution < -0.4 is 10.6 Å². The van der Waals surface area contributed by atoms with E-state index in [1.54, 1.807) is 0 Å². The molecule has 0 saturated carbocycles. The van der Waals surface area contributed by atoms with Crippen molar-refractivity contribution < 1.29 is 4.79 Å². The number of anilines is 1. The Balaban J connectivity index is 0.00000300. The largest absolute Gasteiger partial charge is 0.357 e. The van der Waals surface area contributed by atoms with Gasteiger partial charge in [-0.1, -0.05) is 36.4 Å². The van der Waals surface area contributed by atoms with Gasteiger partial charge in [0.1, 0.15) is 6.54 Å². The summed E-state index contributed by atoms with van der Waals surface area (Å²) < 4.78 is 0. The van der Waals surface area contributed by atoms with Crippen LogP contribution in [0.25, 0.3) is 0 Å². The fraction of sp³-hybridized carbons (Fsp3) is 0.364. The molecule has 1 saturated heterocycles. The second-order valence-corrected chi connectivity index (χ2v) is 7.90. The van der Waals surface area contributed by atoms with Crippen LogP contribution in [0.4, 0.5) is 5.69 Å². The Morgan fingerprint density at radius 1 is 1.14 bits per heavy atom. The zero-order valence-corrected chi connectivity index (χ0v) is 19.9. The molecular weight excluding hydrogens is 495 g/mol. The molecule has 0 spiro atoms. The number of carbonyl (C=O) groups excluding carboxylic acids is 1. The van der Waals surface area contributed by atoms with Gasteiger partial charge >= 0.3 is 0 Å². The number of amides is 1. The molecule has 0 aliphatic carbocycles. The SMILES string of the molecule is CCNC(=NCC(=O)Nc1ccccc1)N1CCC(CSc2ccccc2)C1.I. The minimum Gasteiger partial charge on any atom is -0.357 e. The fourth-order valence-corrected chi connectivity index (χ4v) is 4.24. The lowest BCUT2D eigenvalue weighted by Crippen LogP contribution is -2.40. The first-order chi connectivity index (χ1) is 13.7. The molecule has 1 amide bonds. The zero-order valence-electron chi connectivity index (χ0n) is 16.7. The summed E-state index contributed by atoms with van der Waals surface area (Å²) in [5, 5.41) is 6.21. The Morgan fingerprint density at radius 2 is 1.83 bits per heavy atom. The molecule has 0 radical (unpaired) electrons. The van der Waals surface area contributed by atoms with Crippen LogP contribution in [-0.4, -0.2) is 48.7 Å². The van der Waals surface area contributed by atoms with Gasteiger partial charge in [-0.15, -0.1) is 35.7 Å². The first-order valence-electron chi connectivity index (χ1n) is 9.80. The highest BCUT2D eigenvalue weighted by atomic mass is 127. The molecule has 3 rings (SSSR count). The van der Waals surface area contributed by atoms with Gasteiger partial charge in [0.15, 0.2) is 5.96 Å². The van der Waals surface area contributed by atoms with E-state index in [0.717, 1.165) is 43.5 Å². The van der Waals surface area contributed by atoms with Crippen molar-refractivity contribution in [3.05, 3.63) is 60.7 Å². The molecule has 0 aromatic heterocycles. The number of hydrogen-bond donors (Lipinski definition) is 2. The highest BCUT2D eigenvalue weighted by molar-refractivity contribution is 14.0. The number of aliphatic imine (C=N–C) groups is 1. The lowest BCUT2D eigenvalue weighted by atomic mass is 10.2. The molecule has 156 valence electrons. The summed E-state index contributed by atoms with van der Waals surface area (Å²) in [5.74, 6) is 2.47. The lowest BCUT2D eigenvalue weighted by Gasteiger charge is -2.21. The van der Waals surface area contributed by atoms with Crippen LogP contribution >= 0.6 is 35.7 Å². The predicted octanol–water partition coefficient (Wildman–Crippen LogP) is 4.32. The molecule has 2 N–H and O–H groups in total. The predicted molar refractivity (Wildman–Crippen MR) is 133 cm³/mol. The summed E-state index contributed by atoms with van der Waals surface area (Å²) in [6.45, 7) is 4.92. The van der Waals surface area contributed by atoms with Gasteiger partial charge in [0.05, 0.1) is 0 Å². The van der Waals surface area contributed by atoms with E-state index in [0.29, 0.717) is 5.92 Å². The molecule has 1 unspecified atom stereocenters. The molecule has 7 heteroatoms. The quantitative estimate of drug-likeness (QED) is 0.245. The molecule has 1 atom stereocenters. The van der Waals surface area contributed by atoms with E-state index >= 15 is 0 Å². The normalized spacial score (nSPS) is 16.2. The number of halogens is 1. The smallest absolute Gasteiger partial charge is 0.246 e. The first kappa shape index (κ1) is 23.5. The van der Waals surface area contributed by atoms with Crippen LogP contribution in [0, 0.1) is 5.92 Å². The number of para-hydroxylation sites is 1. The molecule has 1 aliphatic heterocycles. The van der Waals surface area contributed by atoms with Gasteiger partial charge in [0.25, 0.3) is 0 Å². The number of rotatable bonds is 7. The first-order valence-corrected chi connectivity index (χ1v) is 10.8. The summed E-state index contributed by atoms with van der Waals surface area (Å²) in [6.07, 6.45) is 1.15. The molecule has 1 heterocycles. The standard InChI is InChI=1S/C22H28N4OS.HI/c1-2-23-22(24-15-21(27)25-19-9-5-3-6-10-19)26-14-13-18(16-26)17-28-20-11-7-4-8-12-20;/h3-12,18H,2,13-17H2,1H3,(H,23,24)(H,25,27);1H. The van der Waals surface area contributed by atoms with Crippen molar-refractivity contribution in [3.8, 4) is 0 Å². The van der Waals surface area contributed by atoms with Gasteiger partial charge in [0, 0.05) is 36.0 Å². The van der Waals surface area contributed by atoms with E-state index in [2.05, 4.69) is 57.8 Å². The third-order valence-electron chi connectivity index (χ3n) is 4.58. The van der Waals surface area contributed by atoms with Gasteiger partial charge in [-0.05, 0) is 43.5 Å². The Bertz CT molecular complexity index is 773. The van der Waals surface area contributed by atoms with Crippen LogP contribution in [0.15, 0.2) is 70.6 Å². The Kier molecular flexibility index (Phi) is 10.3. The van der Waals surface area contributed by atoms with Gasteiger partial charge in [0.2, 0.25) is 5.91 Å². The summed E-state index contributed by atoms with van der Waals surface area (Å²) in [5.41, 5.74) is 0.798. The number of nitrogens with one attached hydrogen (secondary N) is 2. The Labute approximate surface area is 194 Å². The van der Waals surface area contributed by atoms with Crippen molar-refractivity contribution in [1.29, 1.82) is 0 Å². The molecule has 2 aromatic rings. The number of carbonyl (C=O) groups is 1. The maximum atomic E-state index is 12.2. The summed E-state index contributed by atoms with van der Waals surface area (Å²) in [7, 11) is 0. The van der Waals surface area contributed by atoms with Crippen LogP contribution in [-0.2, 0) is 4.79 Å². The minimum atomic E-state index is -0.100. The molecule has 1 fully saturated rings. The van der Waals surface area contributed by atoms with E-state index in [-0.39, 0.29) is 36.4 Å². The number of benzene rings is 2. The zero-order chi connectivity index (χ0) is 19.6. The number of hydrogen-bond acceptors (Lipinski definition) is 3. The molecule has 1 aliphatic rings. The third-order valence-corrected chi connectivity index (χ3v) is 5.82. The number of likely N-dealkylation sites (tertiary alicyclic amines) is 1. The molecule has 5 nitrogen and oxygen atoms in total. The minimum absolute atomic E-state index is 0. The van der Waals surface area contributed by atoms with Gasteiger partial charge in [-0.3, -0.25) is 4.79 Å². The molecular formula is C22H29IN4OS. The Morgan fingerprint density at radius 3 is 2.52 bits per heavy atom. The Hall–Kier alpha value is -1.74. The van der Waals surface area contributed by atoms with Crippen LogP contribution in [0.2, 0.25) is 0 Å². The third kappa shape index (κ3) is 7.89. The second kappa shape index (κ2) is 12.7. The lowest BCUT2D eigenvalue weighted by molar-refractivity contribution is -0.114. The highest BCUT2D eigenvalue weighted by Gasteiger charge is 2.25. The van der Waals surface area contributed by atoms with Crippen molar-refractivity contribution in [2.45, 2.75) is 18.2 Å². The maximum absolute atomic E-state index is 12.2. The summed E-state index contributed by atoms with van der Waals surface area (Å²) in [4.78, 5) is 20.3. The van der Waals surface area contributed by atoms with Crippen molar-refractivity contribution >= 4 is 53.3 Å². The van der Waals surface area contributed by atoms with Crippen LogP contribution in [0.5, 0.6) is 0 Å². The fourth-order valence-electron chi connectivity index (χ4n) is 3.19. The van der Waals surface area contributed by atoms with E-state index in [9.17, 15) is 4.79 Å². The average molecular weight is 524 g/mol. The van der Waals surface area contributed by atoms with E-state index in [1.807, 2.05) is 42.1 Å². The molecule has 2 aromatic carbocycles. The average Bonchev–Trinajstić information content (AvgIpc) is 3.20. The van der Waals surface area contributed by atoms with Crippen LogP contribution in [0.1, 0.15) is 13.3 Å². The summed E-state index contributed by atoms with van der Waals surface area (Å²) >= 11 is 1.91. The van der Waals surface area contributed by atoms with Crippen molar-refractivity contribution in [1.82, 2.24) is 10.2 Å². The van der Waals surface area contributed by atoms with Crippen molar-refractivity contribution in [3.63, 3.8) is 0 Å². The second-order valence-electron chi connectivity index (χ2n) is 6.81. The van der Waals surface area contributed by atoms with Gasteiger partial charge in [-0.2, -0.15) is 0 Å². The topological polar surface area (TPSA) is 56.7 Å². The van der Waals surface area contributed by atoms with Gasteiger partial charge < -0.3 is 15.5 Å². The number of nitrogens with zero attached hydrogens (tertiary/aromatic N) is 2. The van der Waals surface area contributed by atoms with E-state index < -0.39 is 0 Å². The molecule has 0 bridgehead atoms. The highest BCUT2D eigenvalue weighted by Crippen LogP contribution is 2.25. The number of thioether (sulfide) groups is 1. The van der Waals surface area contributed by atoms with E-state index in [4.69, 9.17) is 0 Å². The monoisotopic (exact) mass is 524 g/mol. The van der Waals surface area contributed by atoms with E-state index in [1.165, 1.54) is 4.90 Å². The van der Waals surface area contributed by atoms with Gasteiger partial charge in [-0.25, -0.2) is 4.99 Å². The molecule has 29 heavy (non-hydrogen) atoms. The van der Waals surface area contributed by atoms with Crippen molar-refractivity contribution in [2.75, 3.05) is 37.2 Å². The maximum Gasteiger partial charge on any atom is 0.246 e.